The molecule has 1 aromatic heterocycles. The highest BCUT2D eigenvalue weighted by atomic mass is 32.2. The second-order valence-electron chi connectivity index (χ2n) is 9.97. The van der Waals surface area contributed by atoms with Crippen molar-refractivity contribution in [2.24, 2.45) is 0 Å². The molecular weight excluding hydrogens is 520 g/mol. The van der Waals surface area contributed by atoms with E-state index in [-0.39, 0.29) is 35.4 Å². The fourth-order valence-corrected chi connectivity index (χ4v) is 6.22. The molecule has 0 bridgehead atoms. The van der Waals surface area contributed by atoms with Crippen molar-refractivity contribution in [1.82, 2.24) is 15.1 Å². The molecule has 1 N–H and O–H groups in total. The summed E-state index contributed by atoms with van der Waals surface area (Å²) in [6, 6.07) is 25.9. The standard InChI is InChI=1S/C32H34N4O3S/c1-5-22(3)33-27(37)19-35-28(38)20-40-31(26-14-10-9-11-21(26)2)29-30(23-12-7-6-8-13-23)34-36(32(29)35)24-15-17-25(39-4)18-16-24/h6-18,22,31H,5,19-20H2,1-4H3,(H,33,37)/t22-,31+/m1/s1. The van der Waals surface area contributed by atoms with Crippen LogP contribution in [0.1, 0.15) is 42.2 Å². The monoisotopic (exact) mass is 554 g/mol. The minimum atomic E-state index is -0.197. The van der Waals surface area contributed by atoms with Gasteiger partial charge in [0, 0.05) is 17.2 Å². The molecule has 206 valence electrons. The Kier molecular flexibility index (Phi) is 8.26. The fourth-order valence-electron chi connectivity index (χ4n) is 4.92. The van der Waals surface area contributed by atoms with Crippen molar-refractivity contribution in [3.05, 3.63) is 95.6 Å². The number of aryl methyl sites for hydroxylation is 1. The molecule has 0 saturated heterocycles. The van der Waals surface area contributed by atoms with Gasteiger partial charge in [0.25, 0.3) is 0 Å². The van der Waals surface area contributed by atoms with Crippen molar-refractivity contribution in [2.75, 3.05) is 24.3 Å². The minimum absolute atomic E-state index is 0.00882. The SMILES string of the molecule is CC[C@@H](C)NC(=O)CN1C(=O)CS[C@@H](c2ccccc2C)c2c(-c3ccccc3)nn(-c3ccc(OC)cc3)c21. The Bertz CT molecular complexity index is 1500. The molecule has 2 amide bonds. The first kappa shape index (κ1) is 27.5. The quantitative estimate of drug-likeness (QED) is 0.292. The summed E-state index contributed by atoms with van der Waals surface area (Å²) in [6.45, 7) is 5.99. The number of carbonyl (C=O) groups is 2. The second-order valence-corrected chi connectivity index (χ2v) is 11.1. The van der Waals surface area contributed by atoms with Gasteiger partial charge in [0.2, 0.25) is 11.8 Å². The largest absolute Gasteiger partial charge is 0.497 e. The number of hydrogen-bond acceptors (Lipinski definition) is 5. The summed E-state index contributed by atoms with van der Waals surface area (Å²) in [4.78, 5) is 28.6. The summed E-state index contributed by atoms with van der Waals surface area (Å²) in [6.07, 6.45) is 0.804. The van der Waals surface area contributed by atoms with Crippen LogP contribution in [0, 0.1) is 6.92 Å². The molecule has 1 aliphatic heterocycles. The van der Waals surface area contributed by atoms with E-state index in [1.807, 2.05) is 85.3 Å². The van der Waals surface area contributed by atoms with E-state index in [1.165, 1.54) is 0 Å². The lowest BCUT2D eigenvalue weighted by Gasteiger charge is -2.24. The van der Waals surface area contributed by atoms with Crippen molar-refractivity contribution in [3.63, 3.8) is 0 Å². The highest BCUT2D eigenvalue weighted by molar-refractivity contribution is 8.00. The lowest BCUT2D eigenvalue weighted by atomic mass is 9.97. The summed E-state index contributed by atoms with van der Waals surface area (Å²) in [5, 5.41) is 8.01. The molecule has 0 fully saturated rings. The number of hydrogen-bond donors (Lipinski definition) is 1. The summed E-state index contributed by atoms with van der Waals surface area (Å²) >= 11 is 1.58. The number of thioether (sulfide) groups is 1. The van der Waals surface area contributed by atoms with Crippen molar-refractivity contribution in [2.45, 2.75) is 38.5 Å². The molecule has 7 nitrogen and oxygen atoms in total. The molecular formula is C32H34N4O3S. The highest BCUT2D eigenvalue weighted by Gasteiger charge is 2.38. The zero-order chi connectivity index (χ0) is 28.2. The summed E-state index contributed by atoms with van der Waals surface area (Å²) in [7, 11) is 1.63. The third-order valence-corrected chi connectivity index (χ3v) is 8.48. The molecule has 8 heteroatoms. The number of fused-ring (bicyclic) bond motifs is 1. The van der Waals surface area contributed by atoms with E-state index in [0.29, 0.717) is 5.82 Å². The topological polar surface area (TPSA) is 76.5 Å². The Balaban J connectivity index is 1.78. The average Bonchev–Trinajstić information content (AvgIpc) is 3.31. The zero-order valence-corrected chi connectivity index (χ0v) is 24.1. The van der Waals surface area contributed by atoms with Gasteiger partial charge >= 0.3 is 0 Å². The van der Waals surface area contributed by atoms with Crippen molar-refractivity contribution < 1.29 is 14.3 Å². The summed E-state index contributed by atoms with van der Waals surface area (Å²) < 4.78 is 7.20. The molecule has 0 radical (unpaired) electrons. The fraction of sp³-hybridized carbons (Fsp3) is 0.281. The molecule has 2 heterocycles. The maximum absolute atomic E-state index is 13.8. The van der Waals surface area contributed by atoms with E-state index in [4.69, 9.17) is 9.84 Å². The number of ether oxygens (including phenoxy) is 1. The van der Waals surface area contributed by atoms with Crippen LogP contribution >= 0.6 is 11.8 Å². The third kappa shape index (κ3) is 5.49. The first-order valence-electron chi connectivity index (χ1n) is 13.5. The van der Waals surface area contributed by atoms with Gasteiger partial charge in [-0.25, -0.2) is 4.68 Å². The Morgan fingerprint density at radius 1 is 1.07 bits per heavy atom. The number of rotatable bonds is 8. The maximum Gasteiger partial charge on any atom is 0.240 e. The van der Waals surface area contributed by atoms with Gasteiger partial charge in [0.15, 0.2) is 0 Å². The summed E-state index contributed by atoms with van der Waals surface area (Å²) in [5.74, 6) is 1.25. The van der Waals surface area contributed by atoms with Gasteiger partial charge in [-0.1, -0.05) is 61.5 Å². The Morgan fingerprint density at radius 3 is 2.45 bits per heavy atom. The van der Waals surface area contributed by atoms with Gasteiger partial charge < -0.3 is 10.1 Å². The van der Waals surface area contributed by atoms with Gasteiger partial charge in [-0.05, 0) is 55.7 Å². The Hall–Kier alpha value is -4.04. The number of aromatic nitrogens is 2. The Labute approximate surface area is 239 Å². The smallest absolute Gasteiger partial charge is 0.240 e. The molecule has 3 aromatic carbocycles. The first-order valence-corrected chi connectivity index (χ1v) is 14.6. The maximum atomic E-state index is 13.8. The normalized spacial score (nSPS) is 15.8. The van der Waals surface area contributed by atoms with Gasteiger partial charge in [0.1, 0.15) is 18.1 Å². The van der Waals surface area contributed by atoms with E-state index in [2.05, 4.69) is 24.4 Å². The average molecular weight is 555 g/mol. The van der Waals surface area contributed by atoms with E-state index < -0.39 is 0 Å². The number of anilines is 1. The van der Waals surface area contributed by atoms with Crippen LogP contribution in [-0.4, -0.2) is 47.0 Å². The van der Waals surface area contributed by atoms with Crippen molar-refractivity contribution in [1.29, 1.82) is 0 Å². The molecule has 0 spiro atoms. The van der Waals surface area contributed by atoms with Gasteiger partial charge in [0.05, 0.1) is 29.5 Å². The molecule has 4 aromatic rings. The number of amides is 2. The molecule has 1 aliphatic rings. The van der Waals surface area contributed by atoms with Crippen LogP contribution in [0.2, 0.25) is 0 Å². The number of carbonyl (C=O) groups excluding carboxylic acids is 2. The highest BCUT2D eigenvalue weighted by Crippen LogP contribution is 2.49. The van der Waals surface area contributed by atoms with Gasteiger partial charge in [-0.15, -0.1) is 11.8 Å². The second kappa shape index (κ2) is 12.0. The van der Waals surface area contributed by atoms with Crippen LogP contribution in [0.15, 0.2) is 78.9 Å². The van der Waals surface area contributed by atoms with Crippen LogP contribution < -0.4 is 15.0 Å². The predicted octanol–water partition coefficient (Wildman–Crippen LogP) is 5.94. The third-order valence-electron chi connectivity index (χ3n) is 7.25. The lowest BCUT2D eigenvalue weighted by molar-refractivity contribution is -0.123. The van der Waals surface area contributed by atoms with E-state index in [9.17, 15) is 9.59 Å². The van der Waals surface area contributed by atoms with Crippen LogP contribution in [0.25, 0.3) is 16.9 Å². The molecule has 40 heavy (non-hydrogen) atoms. The van der Waals surface area contributed by atoms with Gasteiger partial charge in [-0.2, -0.15) is 5.10 Å². The lowest BCUT2D eigenvalue weighted by Crippen LogP contribution is -2.44. The minimum Gasteiger partial charge on any atom is -0.497 e. The number of methoxy groups -OCH3 is 1. The molecule has 0 aliphatic carbocycles. The number of nitrogens with one attached hydrogen (secondary N) is 1. The van der Waals surface area contributed by atoms with Crippen molar-refractivity contribution in [3.8, 4) is 22.7 Å². The van der Waals surface area contributed by atoms with E-state index in [1.54, 1.807) is 23.8 Å². The van der Waals surface area contributed by atoms with Crippen molar-refractivity contribution >= 4 is 29.4 Å². The first-order chi connectivity index (χ1) is 19.4. The van der Waals surface area contributed by atoms with E-state index in [0.717, 1.165) is 45.8 Å². The molecule has 5 rings (SSSR count). The number of benzene rings is 3. The molecule has 2 atom stereocenters. The summed E-state index contributed by atoms with van der Waals surface area (Å²) in [5.41, 5.74) is 5.69. The van der Waals surface area contributed by atoms with Crippen LogP contribution in [0.5, 0.6) is 5.75 Å². The number of nitrogens with zero attached hydrogens (tertiary/aromatic N) is 3. The van der Waals surface area contributed by atoms with Crippen LogP contribution in [0.4, 0.5) is 5.82 Å². The predicted molar refractivity (Wildman–Crippen MR) is 161 cm³/mol. The van der Waals surface area contributed by atoms with E-state index >= 15 is 0 Å². The zero-order valence-electron chi connectivity index (χ0n) is 23.3. The molecule has 0 unspecified atom stereocenters. The Morgan fingerprint density at radius 2 is 1.77 bits per heavy atom. The molecule has 0 saturated carbocycles. The van der Waals surface area contributed by atoms with Gasteiger partial charge in [-0.3, -0.25) is 14.5 Å². The van der Waals surface area contributed by atoms with Crippen LogP contribution in [0.3, 0.4) is 0 Å². The van der Waals surface area contributed by atoms with Crippen LogP contribution in [-0.2, 0) is 9.59 Å².